The molecule has 20 heavy (non-hydrogen) atoms. The molecule has 0 atom stereocenters. The molecule has 0 amide bonds. The van der Waals surface area contributed by atoms with E-state index < -0.39 is 4.92 Å². The van der Waals surface area contributed by atoms with Crippen molar-refractivity contribution in [1.29, 1.82) is 5.26 Å². The molecule has 0 saturated heterocycles. The molecule has 0 saturated carbocycles. The maximum absolute atomic E-state index is 11.0. The first-order valence-electron chi connectivity index (χ1n) is 5.79. The molecule has 2 N–H and O–H groups in total. The number of nitro groups is 1. The number of hydrogen-bond acceptors (Lipinski definition) is 5. The highest BCUT2D eigenvalue weighted by molar-refractivity contribution is 5.70. The van der Waals surface area contributed by atoms with Crippen LogP contribution in [0.25, 0.3) is 0 Å². The van der Waals surface area contributed by atoms with Crippen LogP contribution in [0.1, 0.15) is 11.1 Å². The lowest BCUT2D eigenvalue weighted by atomic mass is 10.1. The number of aliphatic hydroxyl groups excluding tert-OH is 1. The zero-order valence-electron chi connectivity index (χ0n) is 10.4. The largest absolute Gasteiger partial charge is 0.392 e. The van der Waals surface area contributed by atoms with Crippen molar-refractivity contribution in [3.05, 3.63) is 63.7 Å². The van der Waals surface area contributed by atoms with Gasteiger partial charge >= 0.3 is 0 Å². The number of aliphatic hydroxyl groups is 1. The van der Waals surface area contributed by atoms with Gasteiger partial charge in [0.2, 0.25) is 0 Å². The van der Waals surface area contributed by atoms with Gasteiger partial charge < -0.3 is 10.4 Å². The minimum absolute atomic E-state index is 0.0582. The summed E-state index contributed by atoms with van der Waals surface area (Å²) in [5.74, 6) is 0. The molecule has 0 fully saturated rings. The average molecular weight is 269 g/mol. The highest BCUT2D eigenvalue weighted by Gasteiger charge is 2.14. The molecule has 0 aromatic heterocycles. The molecule has 2 aromatic carbocycles. The van der Waals surface area contributed by atoms with Gasteiger partial charge in [-0.05, 0) is 29.8 Å². The van der Waals surface area contributed by atoms with Crippen LogP contribution in [0.4, 0.5) is 17.1 Å². The van der Waals surface area contributed by atoms with Gasteiger partial charge in [0, 0.05) is 11.8 Å². The van der Waals surface area contributed by atoms with Crippen molar-refractivity contribution in [1.82, 2.24) is 0 Å². The van der Waals surface area contributed by atoms with Crippen molar-refractivity contribution >= 4 is 17.1 Å². The summed E-state index contributed by atoms with van der Waals surface area (Å²) in [7, 11) is 0. The molecule has 0 spiro atoms. The fraction of sp³-hybridized carbons (Fsp3) is 0.0714. The van der Waals surface area contributed by atoms with E-state index in [-0.39, 0.29) is 17.9 Å². The van der Waals surface area contributed by atoms with Crippen molar-refractivity contribution < 1.29 is 10.0 Å². The Morgan fingerprint density at radius 2 is 1.95 bits per heavy atom. The minimum Gasteiger partial charge on any atom is -0.392 e. The molecular weight excluding hydrogens is 258 g/mol. The first-order valence-corrected chi connectivity index (χ1v) is 5.79. The lowest BCUT2D eigenvalue weighted by molar-refractivity contribution is -0.383. The number of hydrogen-bond donors (Lipinski definition) is 2. The second-order valence-electron chi connectivity index (χ2n) is 4.08. The Morgan fingerprint density at radius 3 is 2.50 bits per heavy atom. The van der Waals surface area contributed by atoms with E-state index in [2.05, 4.69) is 5.32 Å². The Labute approximate surface area is 115 Å². The first kappa shape index (κ1) is 13.5. The number of benzene rings is 2. The van der Waals surface area contributed by atoms with E-state index in [9.17, 15) is 10.1 Å². The Morgan fingerprint density at radius 1 is 1.25 bits per heavy atom. The molecule has 0 unspecified atom stereocenters. The SMILES string of the molecule is N#Cc1ccc(Nc2ccc(CO)cc2)c([N+](=O)[O-])c1. The Hall–Kier alpha value is -2.91. The fourth-order valence-electron chi connectivity index (χ4n) is 1.71. The Bertz CT molecular complexity index is 675. The van der Waals surface area contributed by atoms with Crippen molar-refractivity contribution in [2.75, 3.05) is 5.32 Å². The molecule has 0 aliphatic rings. The normalized spacial score (nSPS) is 9.80. The van der Waals surface area contributed by atoms with Crippen LogP contribution in [0.2, 0.25) is 0 Å². The van der Waals surface area contributed by atoms with Crippen molar-refractivity contribution in [2.45, 2.75) is 6.61 Å². The summed E-state index contributed by atoms with van der Waals surface area (Å²) in [6, 6.07) is 13.0. The first-order chi connectivity index (χ1) is 9.63. The van der Waals surface area contributed by atoms with E-state index in [1.54, 1.807) is 24.3 Å². The van der Waals surface area contributed by atoms with Crippen LogP contribution in [0.3, 0.4) is 0 Å². The number of nitro benzene ring substituents is 1. The van der Waals surface area contributed by atoms with Gasteiger partial charge in [0.15, 0.2) is 0 Å². The molecule has 0 bridgehead atoms. The summed E-state index contributed by atoms with van der Waals surface area (Å²) < 4.78 is 0. The smallest absolute Gasteiger partial charge is 0.293 e. The minimum atomic E-state index is -0.536. The zero-order valence-corrected chi connectivity index (χ0v) is 10.4. The highest BCUT2D eigenvalue weighted by atomic mass is 16.6. The molecule has 0 aliphatic carbocycles. The van der Waals surface area contributed by atoms with Crippen LogP contribution in [0.15, 0.2) is 42.5 Å². The van der Waals surface area contributed by atoms with Gasteiger partial charge in [0.05, 0.1) is 23.2 Å². The maximum atomic E-state index is 11.0. The predicted molar refractivity (Wildman–Crippen MR) is 73.5 cm³/mol. The fourth-order valence-corrected chi connectivity index (χ4v) is 1.71. The Kier molecular flexibility index (Phi) is 3.93. The van der Waals surface area contributed by atoms with E-state index in [4.69, 9.17) is 10.4 Å². The summed E-state index contributed by atoms with van der Waals surface area (Å²) in [5, 5.41) is 31.6. The van der Waals surface area contributed by atoms with Gasteiger partial charge in [-0.25, -0.2) is 0 Å². The van der Waals surface area contributed by atoms with Gasteiger partial charge in [-0.3, -0.25) is 10.1 Å². The molecule has 2 aromatic rings. The highest BCUT2D eigenvalue weighted by Crippen LogP contribution is 2.28. The van der Waals surface area contributed by atoms with Crippen molar-refractivity contribution in [3.63, 3.8) is 0 Å². The van der Waals surface area contributed by atoms with Crippen LogP contribution < -0.4 is 5.32 Å². The number of nitrogens with one attached hydrogen (secondary N) is 1. The van der Waals surface area contributed by atoms with Crippen molar-refractivity contribution in [3.8, 4) is 6.07 Å². The average Bonchev–Trinajstić information content (AvgIpc) is 2.48. The van der Waals surface area contributed by atoms with E-state index in [1.807, 2.05) is 6.07 Å². The van der Waals surface area contributed by atoms with Gasteiger partial charge in [0.25, 0.3) is 5.69 Å². The van der Waals surface area contributed by atoms with Crippen LogP contribution in [-0.4, -0.2) is 10.0 Å². The van der Waals surface area contributed by atoms with Crippen LogP contribution in [0.5, 0.6) is 0 Å². The Balaban J connectivity index is 2.32. The van der Waals surface area contributed by atoms with Crippen molar-refractivity contribution in [2.24, 2.45) is 0 Å². The second-order valence-corrected chi connectivity index (χ2v) is 4.08. The van der Waals surface area contributed by atoms with Gasteiger partial charge in [-0.2, -0.15) is 5.26 Å². The molecule has 6 heteroatoms. The number of rotatable bonds is 4. The number of nitriles is 1. The molecule has 100 valence electrons. The summed E-state index contributed by atoms with van der Waals surface area (Å²) in [6.45, 7) is -0.0582. The quantitative estimate of drug-likeness (QED) is 0.656. The lowest BCUT2D eigenvalue weighted by Crippen LogP contribution is -1.98. The van der Waals surface area contributed by atoms with Crippen LogP contribution >= 0.6 is 0 Å². The zero-order chi connectivity index (χ0) is 14.5. The van der Waals surface area contributed by atoms with E-state index in [0.29, 0.717) is 11.4 Å². The third-order valence-electron chi connectivity index (χ3n) is 2.74. The molecule has 2 rings (SSSR count). The summed E-state index contributed by atoms with van der Waals surface area (Å²) >= 11 is 0. The molecular formula is C14H11N3O3. The predicted octanol–water partition coefficient (Wildman–Crippen LogP) is 2.70. The second kappa shape index (κ2) is 5.82. The standard InChI is InChI=1S/C14H11N3O3/c15-8-11-3-6-13(14(7-11)17(19)20)16-12-4-1-10(9-18)2-5-12/h1-7,16,18H,9H2. The maximum Gasteiger partial charge on any atom is 0.293 e. The summed E-state index contributed by atoms with van der Waals surface area (Å²) in [4.78, 5) is 10.5. The summed E-state index contributed by atoms with van der Waals surface area (Å²) in [6.07, 6.45) is 0. The molecule has 0 radical (unpaired) electrons. The topological polar surface area (TPSA) is 99.2 Å². The van der Waals surface area contributed by atoms with Gasteiger partial charge in [0.1, 0.15) is 5.69 Å². The van der Waals surface area contributed by atoms with Gasteiger partial charge in [-0.15, -0.1) is 0 Å². The lowest BCUT2D eigenvalue weighted by Gasteiger charge is -2.07. The monoisotopic (exact) mass is 269 g/mol. The third-order valence-corrected chi connectivity index (χ3v) is 2.74. The summed E-state index contributed by atoms with van der Waals surface area (Å²) in [5.41, 5.74) is 1.80. The number of nitrogens with zero attached hydrogens (tertiary/aromatic N) is 2. The molecule has 0 aliphatic heterocycles. The van der Waals surface area contributed by atoms with Gasteiger partial charge in [-0.1, -0.05) is 12.1 Å². The third kappa shape index (κ3) is 2.91. The molecule has 6 nitrogen and oxygen atoms in total. The van der Waals surface area contributed by atoms with Crippen LogP contribution in [0, 0.1) is 21.4 Å². The van der Waals surface area contributed by atoms with E-state index in [0.717, 1.165) is 5.56 Å². The van der Waals surface area contributed by atoms with E-state index >= 15 is 0 Å². The van der Waals surface area contributed by atoms with Crippen LogP contribution in [-0.2, 0) is 6.61 Å². The number of anilines is 2. The molecule has 0 heterocycles. The van der Waals surface area contributed by atoms with E-state index in [1.165, 1.54) is 18.2 Å².